The van der Waals surface area contributed by atoms with E-state index in [1.165, 1.54) is 0 Å². The van der Waals surface area contributed by atoms with E-state index in [-0.39, 0.29) is 5.84 Å². The first kappa shape index (κ1) is 14.7. The zero-order chi connectivity index (χ0) is 16.8. The fourth-order valence-corrected chi connectivity index (χ4v) is 3.01. The molecule has 0 bridgehead atoms. The molecule has 2 aromatic heterocycles. The third-order valence-electron chi connectivity index (χ3n) is 4.10. The van der Waals surface area contributed by atoms with Crippen molar-refractivity contribution in [3.63, 3.8) is 0 Å². The van der Waals surface area contributed by atoms with Crippen molar-refractivity contribution < 1.29 is 0 Å². The third kappa shape index (κ3) is 2.41. The van der Waals surface area contributed by atoms with Gasteiger partial charge in [-0.05, 0) is 36.4 Å². The number of aromatic amines is 1. The molecule has 6 nitrogen and oxygen atoms in total. The molecule has 4 aromatic rings. The van der Waals surface area contributed by atoms with Crippen LogP contribution in [-0.2, 0) is 13.5 Å². The zero-order valence-electron chi connectivity index (χ0n) is 13.0. The number of aromatic nitrogens is 4. The highest BCUT2D eigenvalue weighted by molar-refractivity contribution is 6.31. The number of benzene rings is 2. The molecular formula is C17H15ClN6. The number of amidine groups is 1. The Kier molecular flexibility index (Phi) is 3.28. The summed E-state index contributed by atoms with van der Waals surface area (Å²) in [6, 6.07) is 11.2. The number of fused-ring (bicyclic) bond motifs is 2. The molecule has 0 radical (unpaired) electrons. The monoisotopic (exact) mass is 338 g/mol. The molecule has 0 aliphatic heterocycles. The van der Waals surface area contributed by atoms with Gasteiger partial charge in [0.25, 0.3) is 0 Å². The van der Waals surface area contributed by atoms with Gasteiger partial charge in [-0.25, -0.2) is 9.97 Å². The van der Waals surface area contributed by atoms with Gasteiger partial charge in [0.15, 0.2) is 0 Å². The highest BCUT2D eigenvalue weighted by Crippen LogP contribution is 2.21. The minimum Gasteiger partial charge on any atom is -0.384 e. The van der Waals surface area contributed by atoms with Crippen molar-refractivity contribution in [3.05, 3.63) is 58.6 Å². The van der Waals surface area contributed by atoms with Gasteiger partial charge < -0.3 is 15.3 Å². The number of hydrogen-bond donors (Lipinski definition) is 3. The average Bonchev–Trinajstić information content (AvgIpc) is 3.07. The van der Waals surface area contributed by atoms with Gasteiger partial charge in [0.05, 0.1) is 28.5 Å². The minimum absolute atomic E-state index is 0.0419. The van der Waals surface area contributed by atoms with E-state index < -0.39 is 0 Å². The summed E-state index contributed by atoms with van der Waals surface area (Å²) >= 11 is 6.04. The van der Waals surface area contributed by atoms with Crippen molar-refractivity contribution in [1.82, 2.24) is 19.5 Å². The molecule has 0 aliphatic carbocycles. The molecule has 0 fully saturated rings. The molecule has 2 aromatic carbocycles. The van der Waals surface area contributed by atoms with E-state index in [0.717, 1.165) is 33.7 Å². The first-order chi connectivity index (χ1) is 11.5. The molecule has 0 unspecified atom stereocenters. The highest BCUT2D eigenvalue weighted by Gasteiger charge is 2.12. The van der Waals surface area contributed by atoms with Gasteiger partial charge in [-0.2, -0.15) is 0 Å². The predicted octanol–water partition coefficient (Wildman–Crippen LogP) is 2.98. The second-order valence-electron chi connectivity index (χ2n) is 5.73. The Hall–Kier alpha value is -2.86. The van der Waals surface area contributed by atoms with E-state index in [1.807, 2.05) is 41.9 Å². The van der Waals surface area contributed by atoms with E-state index in [2.05, 4.69) is 15.0 Å². The molecule has 0 atom stereocenters. The van der Waals surface area contributed by atoms with Crippen LogP contribution in [0.25, 0.3) is 22.1 Å². The van der Waals surface area contributed by atoms with Crippen LogP contribution in [0.1, 0.15) is 17.2 Å². The van der Waals surface area contributed by atoms with E-state index in [9.17, 15) is 0 Å². The summed E-state index contributed by atoms with van der Waals surface area (Å²) < 4.78 is 2.04. The van der Waals surface area contributed by atoms with E-state index >= 15 is 0 Å². The van der Waals surface area contributed by atoms with Crippen molar-refractivity contribution in [2.24, 2.45) is 12.8 Å². The van der Waals surface area contributed by atoms with Gasteiger partial charge in [-0.1, -0.05) is 11.6 Å². The van der Waals surface area contributed by atoms with E-state index in [4.69, 9.17) is 22.7 Å². The lowest BCUT2D eigenvalue weighted by atomic mass is 10.2. The first-order valence-corrected chi connectivity index (χ1v) is 7.83. The number of nitrogens with one attached hydrogen (secondary N) is 2. The smallest absolute Gasteiger partial charge is 0.122 e. The lowest BCUT2D eigenvalue weighted by molar-refractivity contribution is 0.824. The topological polar surface area (TPSA) is 96.4 Å². The van der Waals surface area contributed by atoms with Crippen LogP contribution in [0.2, 0.25) is 5.02 Å². The number of aryl methyl sites for hydroxylation is 1. The standard InChI is InChI=1S/C17H15ClN6/c1-24-14-5-3-10(18)7-13(14)23-16(24)8-15-21-11-4-2-9(17(19)20)6-12(11)22-15/h2-7H,8H2,1H3,(H3,19,20)(H,21,22). The molecule has 0 amide bonds. The molecule has 2 heterocycles. The quantitative estimate of drug-likeness (QED) is 0.396. The zero-order valence-corrected chi connectivity index (χ0v) is 13.7. The van der Waals surface area contributed by atoms with Gasteiger partial charge in [0, 0.05) is 17.6 Å². The number of H-pyrrole nitrogens is 1. The van der Waals surface area contributed by atoms with Crippen LogP contribution in [-0.4, -0.2) is 25.4 Å². The molecule has 0 saturated carbocycles. The van der Waals surface area contributed by atoms with Gasteiger partial charge in [0.2, 0.25) is 0 Å². The maximum Gasteiger partial charge on any atom is 0.122 e. The first-order valence-electron chi connectivity index (χ1n) is 7.45. The predicted molar refractivity (Wildman–Crippen MR) is 95.6 cm³/mol. The van der Waals surface area contributed by atoms with Crippen molar-refractivity contribution in [1.29, 1.82) is 5.41 Å². The van der Waals surface area contributed by atoms with Crippen molar-refractivity contribution in [3.8, 4) is 0 Å². The Morgan fingerprint density at radius 3 is 2.83 bits per heavy atom. The normalized spacial score (nSPS) is 11.4. The molecule has 4 N–H and O–H groups in total. The third-order valence-corrected chi connectivity index (χ3v) is 4.34. The number of halogens is 1. The van der Waals surface area contributed by atoms with Gasteiger partial charge in [-0.3, -0.25) is 5.41 Å². The largest absolute Gasteiger partial charge is 0.384 e. The van der Waals surface area contributed by atoms with E-state index in [0.29, 0.717) is 17.0 Å². The second kappa shape index (κ2) is 5.35. The maximum absolute atomic E-state index is 7.52. The maximum atomic E-state index is 7.52. The van der Waals surface area contributed by atoms with Crippen LogP contribution in [0.4, 0.5) is 0 Å². The summed E-state index contributed by atoms with van der Waals surface area (Å²) in [6.45, 7) is 0. The number of nitrogens with two attached hydrogens (primary N) is 1. The van der Waals surface area contributed by atoms with Crippen LogP contribution >= 0.6 is 11.6 Å². The van der Waals surface area contributed by atoms with Gasteiger partial charge in [0.1, 0.15) is 17.5 Å². The summed E-state index contributed by atoms with van der Waals surface area (Å²) in [6.07, 6.45) is 0.576. The number of imidazole rings is 2. The summed E-state index contributed by atoms with van der Waals surface area (Å²) in [7, 11) is 1.98. The SMILES string of the molecule is Cn1c(Cc2nc3ccc(C(=N)N)cc3[nH]2)nc2cc(Cl)ccc21. The fourth-order valence-electron chi connectivity index (χ4n) is 2.84. The summed E-state index contributed by atoms with van der Waals surface area (Å²) in [4.78, 5) is 12.5. The van der Waals surface area contributed by atoms with Crippen LogP contribution < -0.4 is 5.73 Å². The van der Waals surface area contributed by atoms with Crippen LogP contribution in [0.3, 0.4) is 0 Å². The summed E-state index contributed by atoms with van der Waals surface area (Å²) in [5.41, 5.74) is 9.82. The Labute approximate surface area is 142 Å². The minimum atomic E-state index is 0.0419. The molecule has 7 heteroatoms. The molecular weight excluding hydrogens is 324 g/mol. The molecule has 24 heavy (non-hydrogen) atoms. The Bertz CT molecular complexity index is 1090. The second-order valence-corrected chi connectivity index (χ2v) is 6.16. The van der Waals surface area contributed by atoms with Gasteiger partial charge >= 0.3 is 0 Å². The van der Waals surface area contributed by atoms with Gasteiger partial charge in [-0.15, -0.1) is 0 Å². The fraction of sp³-hybridized carbons (Fsp3) is 0.118. The number of rotatable bonds is 3. The Morgan fingerprint density at radius 2 is 2.04 bits per heavy atom. The molecule has 4 rings (SSSR count). The molecule has 0 aliphatic rings. The van der Waals surface area contributed by atoms with Crippen LogP contribution in [0, 0.1) is 5.41 Å². The number of hydrogen-bond acceptors (Lipinski definition) is 3. The van der Waals surface area contributed by atoms with Crippen molar-refractivity contribution in [2.45, 2.75) is 6.42 Å². The molecule has 0 saturated heterocycles. The lowest BCUT2D eigenvalue weighted by Gasteiger charge is -2.00. The lowest BCUT2D eigenvalue weighted by Crippen LogP contribution is -2.10. The Balaban J connectivity index is 1.73. The summed E-state index contributed by atoms with van der Waals surface area (Å²) in [5, 5.41) is 8.20. The van der Waals surface area contributed by atoms with E-state index in [1.54, 1.807) is 6.07 Å². The molecule has 0 spiro atoms. The van der Waals surface area contributed by atoms with Crippen molar-refractivity contribution >= 4 is 39.5 Å². The molecule has 120 valence electrons. The highest BCUT2D eigenvalue weighted by atomic mass is 35.5. The Morgan fingerprint density at radius 1 is 1.21 bits per heavy atom. The van der Waals surface area contributed by atoms with Crippen molar-refractivity contribution in [2.75, 3.05) is 0 Å². The number of nitrogens with zero attached hydrogens (tertiary/aromatic N) is 3. The van der Waals surface area contributed by atoms with Crippen LogP contribution in [0.15, 0.2) is 36.4 Å². The summed E-state index contributed by atoms with van der Waals surface area (Å²) in [5.74, 6) is 1.76. The average molecular weight is 339 g/mol. The number of nitrogen functional groups attached to an aromatic ring is 1. The van der Waals surface area contributed by atoms with Crippen LogP contribution in [0.5, 0.6) is 0 Å².